The van der Waals surface area contributed by atoms with Crippen LogP contribution in [-0.2, 0) is 11.2 Å². The molecule has 0 fully saturated rings. The molecule has 0 aliphatic rings. The second kappa shape index (κ2) is 6.81. The lowest BCUT2D eigenvalue weighted by molar-refractivity contribution is -0.130. The number of aryl methyl sites for hydroxylation is 1. The molecule has 2 aromatic rings. The number of carbonyl (C=O) groups excluding carboxylic acids is 1. The molecule has 1 amide bonds. The largest absolute Gasteiger partial charge is 0.361 e. The highest BCUT2D eigenvalue weighted by Crippen LogP contribution is 2.19. The van der Waals surface area contributed by atoms with Gasteiger partial charge in [0.2, 0.25) is 5.91 Å². The molecule has 104 valence electrons. The van der Waals surface area contributed by atoms with Crippen molar-refractivity contribution in [2.24, 2.45) is 0 Å². The van der Waals surface area contributed by atoms with Gasteiger partial charge in [-0.15, -0.1) is 6.42 Å². The van der Waals surface area contributed by atoms with Crippen molar-refractivity contribution < 1.29 is 4.79 Å². The van der Waals surface area contributed by atoms with Crippen LogP contribution in [0.15, 0.2) is 30.5 Å². The van der Waals surface area contributed by atoms with E-state index in [1.807, 2.05) is 25.3 Å². The van der Waals surface area contributed by atoms with E-state index in [1.165, 1.54) is 10.9 Å². The van der Waals surface area contributed by atoms with Crippen LogP contribution in [0.3, 0.4) is 0 Å². The molecule has 0 unspecified atom stereocenters. The Morgan fingerprint density at radius 2 is 2.20 bits per heavy atom. The van der Waals surface area contributed by atoms with Crippen molar-refractivity contribution in [2.45, 2.75) is 26.2 Å². The Bertz CT molecular complexity index is 621. The van der Waals surface area contributed by atoms with Gasteiger partial charge in [0.1, 0.15) is 0 Å². The maximum absolute atomic E-state index is 12.0. The number of carbonyl (C=O) groups is 1. The average molecular weight is 268 g/mol. The number of hydrogen-bond donors (Lipinski definition) is 1. The summed E-state index contributed by atoms with van der Waals surface area (Å²) in [7, 11) is 0. The first-order valence-corrected chi connectivity index (χ1v) is 7.02. The first kappa shape index (κ1) is 14.2. The SMILES string of the molecule is C#CCN(CC)C(=O)CCCc1c[nH]c2ccccc12. The molecule has 0 aliphatic carbocycles. The van der Waals surface area contributed by atoms with Crippen LogP contribution < -0.4 is 0 Å². The monoisotopic (exact) mass is 268 g/mol. The number of H-pyrrole nitrogens is 1. The fourth-order valence-electron chi connectivity index (χ4n) is 2.41. The summed E-state index contributed by atoms with van der Waals surface area (Å²) < 4.78 is 0. The first-order chi connectivity index (χ1) is 9.76. The Hall–Kier alpha value is -2.21. The highest BCUT2D eigenvalue weighted by atomic mass is 16.2. The third kappa shape index (κ3) is 3.21. The van der Waals surface area contributed by atoms with E-state index in [9.17, 15) is 4.79 Å². The number of hydrogen-bond acceptors (Lipinski definition) is 1. The Morgan fingerprint density at radius 1 is 1.40 bits per heavy atom. The van der Waals surface area contributed by atoms with Crippen LogP contribution >= 0.6 is 0 Å². The molecule has 3 nitrogen and oxygen atoms in total. The van der Waals surface area contributed by atoms with Crippen LogP contribution in [0.25, 0.3) is 10.9 Å². The number of para-hydroxylation sites is 1. The summed E-state index contributed by atoms with van der Waals surface area (Å²) >= 11 is 0. The second-order valence-corrected chi connectivity index (χ2v) is 4.83. The molecule has 0 atom stereocenters. The number of amides is 1. The molecule has 0 bridgehead atoms. The van der Waals surface area contributed by atoms with Gasteiger partial charge in [-0.1, -0.05) is 24.1 Å². The van der Waals surface area contributed by atoms with Gasteiger partial charge < -0.3 is 9.88 Å². The fourth-order valence-corrected chi connectivity index (χ4v) is 2.41. The molecule has 1 N–H and O–H groups in total. The van der Waals surface area contributed by atoms with Gasteiger partial charge in [-0.3, -0.25) is 4.79 Å². The van der Waals surface area contributed by atoms with Gasteiger partial charge in [-0.05, 0) is 31.4 Å². The zero-order valence-corrected chi connectivity index (χ0v) is 11.9. The molecule has 20 heavy (non-hydrogen) atoms. The van der Waals surface area contributed by atoms with Gasteiger partial charge in [0.25, 0.3) is 0 Å². The van der Waals surface area contributed by atoms with Crippen molar-refractivity contribution in [2.75, 3.05) is 13.1 Å². The number of fused-ring (bicyclic) bond motifs is 1. The van der Waals surface area contributed by atoms with Gasteiger partial charge in [0.05, 0.1) is 6.54 Å². The Kier molecular flexibility index (Phi) is 4.84. The number of nitrogens with zero attached hydrogens (tertiary/aromatic N) is 1. The van der Waals surface area contributed by atoms with E-state index < -0.39 is 0 Å². The van der Waals surface area contributed by atoms with Gasteiger partial charge in [-0.25, -0.2) is 0 Å². The Balaban J connectivity index is 1.90. The quantitative estimate of drug-likeness (QED) is 0.803. The van der Waals surface area contributed by atoms with Gasteiger partial charge in [0, 0.05) is 30.1 Å². The van der Waals surface area contributed by atoms with Crippen LogP contribution in [0.4, 0.5) is 0 Å². The molecule has 0 saturated heterocycles. The summed E-state index contributed by atoms with van der Waals surface area (Å²) in [4.78, 5) is 17.0. The molecule has 1 aromatic carbocycles. The van der Waals surface area contributed by atoms with Crippen LogP contribution in [0.5, 0.6) is 0 Å². The predicted octanol–water partition coefficient (Wildman–Crippen LogP) is 2.97. The van der Waals surface area contributed by atoms with Gasteiger partial charge in [0.15, 0.2) is 0 Å². The smallest absolute Gasteiger partial charge is 0.223 e. The molecule has 3 heteroatoms. The second-order valence-electron chi connectivity index (χ2n) is 4.83. The Morgan fingerprint density at radius 3 is 2.95 bits per heavy atom. The molecule has 1 aromatic heterocycles. The molecular formula is C17H20N2O. The minimum atomic E-state index is 0.144. The van der Waals surface area contributed by atoms with E-state index >= 15 is 0 Å². The van der Waals surface area contributed by atoms with Crippen molar-refractivity contribution in [1.82, 2.24) is 9.88 Å². The minimum absolute atomic E-state index is 0.144. The average Bonchev–Trinajstić information content (AvgIpc) is 2.88. The number of nitrogens with one attached hydrogen (secondary N) is 1. The lowest BCUT2D eigenvalue weighted by atomic mass is 10.1. The standard InChI is InChI=1S/C17H20N2O/c1-3-12-19(4-2)17(20)11-7-8-14-13-18-16-10-6-5-9-15(14)16/h1,5-6,9-10,13,18H,4,7-8,11-12H2,2H3. The molecule has 1 heterocycles. The van der Waals surface area contributed by atoms with Crippen LogP contribution in [-0.4, -0.2) is 28.9 Å². The summed E-state index contributed by atoms with van der Waals surface area (Å²) in [5.41, 5.74) is 2.42. The lowest BCUT2D eigenvalue weighted by Crippen LogP contribution is -2.30. The van der Waals surface area contributed by atoms with E-state index in [1.54, 1.807) is 4.90 Å². The van der Waals surface area contributed by atoms with E-state index in [4.69, 9.17) is 6.42 Å². The zero-order valence-electron chi connectivity index (χ0n) is 11.9. The maximum Gasteiger partial charge on any atom is 0.223 e. The summed E-state index contributed by atoms with van der Waals surface area (Å²) in [5, 5.41) is 1.25. The van der Waals surface area contributed by atoms with Crippen molar-refractivity contribution >= 4 is 16.8 Å². The number of aromatic nitrogens is 1. The summed E-state index contributed by atoms with van der Waals surface area (Å²) in [6.45, 7) is 3.04. The predicted molar refractivity (Wildman–Crippen MR) is 82.3 cm³/mol. The van der Waals surface area contributed by atoms with Gasteiger partial charge in [-0.2, -0.15) is 0 Å². The van der Waals surface area contributed by atoms with Crippen LogP contribution in [0.2, 0.25) is 0 Å². The third-order valence-electron chi connectivity index (χ3n) is 3.53. The Labute approximate surface area is 120 Å². The van der Waals surface area contributed by atoms with Crippen molar-refractivity contribution in [3.8, 4) is 12.3 Å². The van der Waals surface area contributed by atoms with Crippen LogP contribution in [0.1, 0.15) is 25.3 Å². The molecule has 0 spiro atoms. The maximum atomic E-state index is 12.0. The van der Waals surface area contributed by atoms with Crippen LogP contribution in [0, 0.1) is 12.3 Å². The number of benzene rings is 1. The van der Waals surface area contributed by atoms with Gasteiger partial charge >= 0.3 is 0 Å². The zero-order chi connectivity index (χ0) is 14.4. The van der Waals surface area contributed by atoms with E-state index in [0.29, 0.717) is 19.5 Å². The molecule has 0 saturated carbocycles. The normalized spacial score (nSPS) is 10.4. The molecule has 0 aliphatic heterocycles. The summed E-state index contributed by atoms with van der Waals surface area (Å²) in [6.07, 6.45) is 9.60. The highest BCUT2D eigenvalue weighted by Gasteiger charge is 2.10. The third-order valence-corrected chi connectivity index (χ3v) is 3.53. The van der Waals surface area contributed by atoms with Crippen molar-refractivity contribution in [3.05, 3.63) is 36.0 Å². The number of aromatic amines is 1. The minimum Gasteiger partial charge on any atom is -0.361 e. The fraction of sp³-hybridized carbons (Fsp3) is 0.353. The molecule has 0 radical (unpaired) electrons. The number of terminal acetylenes is 1. The first-order valence-electron chi connectivity index (χ1n) is 7.02. The van der Waals surface area contributed by atoms with E-state index in [0.717, 1.165) is 18.4 Å². The highest BCUT2D eigenvalue weighted by molar-refractivity contribution is 5.83. The van der Waals surface area contributed by atoms with E-state index in [-0.39, 0.29) is 5.91 Å². The van der Waals surface area contributed by atoms with Crippen molar-refractivity contribution in [3.63, 3.8) is 0 Å². The van der Waals surface area contributed by atoms with E-state index in [2.05, 4.69) is 23.0 Å². The van der Waals surface area contributed by atoms with Crippen molar-refractivity contribution in [1.29, 1.82) is 0 Å². The number of rotatable bonds is 6. The molecule has 2 rings (SSSR count). The molecular weight excluding hydrogens is 248 g/mol. The lowest BCUT2D eigenvalue weighted by Gasteiger charge is -2.17. The topological polar surface area (TPSA) is 36.1 Å². The summed E-state index contributed by atoms with van der Waals surface area (Å²) in [5.74, 6) is 2.67. The summed E-state index contributed by atoms with van der Waals surface area (Å²) in [6, 6.07) is 8.23.